The Morgan fingerprint density at radius 1 is 1.50 bits per heavy atom. The van der Waals surface area contributed by atoms with Crippen LogP contribution in [0.4, 0.5) is 0 Å². The average molecular weight is 194 g/mol. The van der Waals surface area contributed by atoms with Crippen molar-refractivity contribution < 1.29 is 14.3 Å². The Kier molecular flexibility index (Phi) is 1.56. The van der Waals surface area contributed by atoms with Gasteiger partial charge in [0.2, 0.25) is 0 Å². The van der Waals surface area contributed by atoms with Crippen LogP contribution in [-0.4, -0.2) is 18.4 Å². The number of fused-ring (bicyclic) bond motifs is 5. The third kappa shape index (κ3) is 0.877. The van der Waals surface area contributed by atoms with Crippen molar-refractivity contribution in [3.8, 4) is 0 Å². The summed E-state index contributed by atoms with van der Waals surface area (Å²) in [6.07, 6.45) is 1.77. The molecule has 3 rings (SSSR count). The van der Waals surface area contributed by atoms with Gasteiger partial charge in [-0.3, -0.25) is 9.59 Å². The first-order valence-electron chi connectivity index (χ1n) is 5.43. The molecule has 0 unspecified atom stereocenters. The number of rotatable bonds is 2. The molecule has 3 saturated carbocycles. The minimum atomic E-state index is -0.0631. The van der Waals surface area contributed by atoms with Crippen LogP contribution >= 0.6 is 0 Å². The van der Waals surface area contributed by atoms with Gasteiger partial charge in [-0.2, -0.15) is 0 Å². The molecular formula is C11H14O3. The first kappa shape index (κ1) is 8.45. The highest BCUT2D eigenvalue weighted by atomic mass is 16.5. The Labute approximate surface area is 82.8 Å². The third-order valence-corrected chi connectivity index (χ3v) is 4.13. The van der Waals surface area contributed by atoms with E-state index in [1.54, 1.807) is 0 Å². The zero-order chi connectivity index (χ0) is 9.87. The SMILES string of the molecule is CCOC(=O)[C@@H]1[C@@H]2[C@H]1[C@H]1CC(=O)[C@@H]2C1. The standard InChI is InChI=1S/C11H14O3/c1-2-14-11(13)10-8-5-3-6(9(8)10)7(12)4-5/h5-6,8-10H,2-4H2,1H3/t5-,6+,8-,9+,10+/m1/s1. The normalized spacial score (nSPS) is 47.8. The molecule has 0 aliphatic heterocycles. The molecule has 0 aromatic rings. The first-order chi connectivity index (χ1) is 6.74. The number of esters is 1. The number of ether oxygens (including phenoxy) is 1. The molecular weight excluding hydrogens is 180 g/mol. The number of ketones is 1. The van der Waals surface area contributed by atoms with Gasteiger partial charge in [-0.1, -0.05) is 0 Å². The van der Waals surface area contributed by atoms with E-state index < -0.39 is 0 Å². The van der Waals surface area contributed by atoms with E-state index in [2.05, 4.69) is 0 Å². The van der Waals surface area contributed by atoms with Gasteiger partial charge < -0.3 is 4.74 Å². The van der Waals surface area contributed by atoms with Gasteiger partial charge in [0.1, 0.15) is 5.78 Å². The molecule has 0 aromatic heterocycles. The van der Waals surface area contributed by atoms with Crippen LogP contribution < -0.4 is 0 Å². The van der Waals surface area contributed by atoms with Crippen molar-refractivity contribution in [2.75, 3.05) is 6.61 Å². The summed E-state index contributed by atoms with van der Waals surface area (Å²) in [6, 6.07) is 0. The van der Waals surface area contributed by atoms with Crippen LogP contribution in [0, 0.1) is 29.6 Å². The smallest absolute Gasteiger partial charge is 0.309 e. The largest absolute Gasteiger partial charge is 0.466 e. The Morgan fingerprint density at radius 3 is 2.93 bits per heavy atom. The summed E-state index contributed by atoms with van der Waals surface area (Å²) in [5, 5.41) is 0. The summed E-state index contributed by atoms with van der Waals surface area (Å²) in [5.74, 6) is 1.98. The van der Waals surface area contributed by atoms with Crippen LogP contribution in [0.2, 0.25) is 0 Å². The van der Waals surface area contributed by atoms with Crippen LogP contribution in [-0.2, 0) is 14.3 Å². The maximum absolute atomic E-state index is 11.5. The molecule has 0 amide bonds. The van der Waals surface area contributed by atoms with Crippen molar-refractivity contribution in [1.82, 2.24) is 0 Å². The molecule has 3 fully saturated rings. The van der Waals surface area contributed by atoms with Crippen LogP contribution in [0.1, 0.15) is 19.8 Å². The van der Waals surface area contributed by atoms with Crippen LogP contribution in [0.15, 0.2) is 0 Å². The summed E-state index contributed by atoms with van der Waals surface area (Å²) in [6.45, 7) is 2.29. The van der Waals surface area contributed by atoms with Gasteiger partial charge in [0.15, 0.2) is 0 Å². The van der Waals surface area contributed by atoms with E-state index in [4.69, 9.17) is 4.74 Å². The van der Waals surface area contributed by atoms with Crippen LogP contribution in [0.25, 0.3) is 0 Å². The summed E-state index contributed by atoms with van der Waals surface area (Å²) in [5.41, 5.74) is 0. The number of hydrogen-bond acceptors (Lipinski definition) is 3. The Bertz CT molecular complexity index is 310. The zero-order valence-electron chi connectivity index (χ0n) is 8.23. The summed E-state index contributed by atoms with van der Waals surface area (Å²) in [4.78, 5) is 23.0. The number of carbonyl (C=O) groups excluding carboxylic acids is 2. The predicted octanol–water partition coefficient (Wildman–Crippen LogP) is 1.02. The Morgan fingerprint density at radius 2 is 2.29 bits per heavy atom. The Hall–Kier alpha value is -0.860. The molecule has 0 spiro atoms. The van der Waals surface area contributed by atoms with E-state index in [0.29, 0.717) is 30.1 Å². The maximum Gasteiger partial charge on any atom is 0.309 e. The average Bonchev–Trinajstić information content (AvgIpc) is 2.66. The topological polar surface area (TPSA) is 43.4 Å². The highest BCUT2D eigenvalue weighted by Crippen LogP contribution is 2.68. The molecule has 3 nitrogen and oxygen atoms in total. The van der Waals surface area contributed by atoms with Crippen molar-refractivity contribution in [3.63, 3.8) is 0 Å². The van der Waals surface area contributed by atoms with E-state index in [-0.39, 0.29) is 17.8 Å². The lowest BCUT2D eigenvalue weighted by molar-refractivity contribution is -0.145. The monoisotopic (exact) mass is 194 g/mol. The van der Waals surface area contributed by atoms with E-state index in [9.17, 15) is 9.59 Å². The highest BCUT2D eigenvalue weighted by Gasteiger charge is 2.70. The predicted molar refractivity (Wildman–Crippen MR) is 48.3 cm³/mol. The molecule has 0 N–H and O–H groups in total. The van der Waals surface area contributed by atoms with E-state index in [1.807, 2.05) is 6.92 Å². The van der Waals surface area contributed by atoms with Gasteiger partial charge >= 0.3 is 5.97 Å². The van der Waals surface area contributed by atoms with Gasteiger partial charge in [0, 0.05) is 12.3 Å². The fraction of sp³-hybridized carbons (Fsp3) is 0.818. The third-order valence-electron chi connectivity index (χ3n) is 4.13. The molecule has 2 bridgehead atoms. The van der Waals surface area contributed by atoms with Crippen LogP contribution in [0.3, 0.4) is 0 Å². The second kappa shape index (κ2) is 2.59. The van der Waals surface area contributed by atoms with Gasteiger partial charge in [-0.15, -0.1) is 0 Å². The van der Waals surface area contributed by atoms with Crippen molar-refractivity contribution in [1.29, 1.82) is 0 Å². The lowest BCUT2D eigenvalue weighted by atomic mass is 10.00. The van der Waals surface area contributed by atoms with Gasteiger partial charge in [0.25, 0.3) is 0 Å². The molecule has 3 heteroatoms. The van der Waals surface area contributed by atoms with Crippen LogP contribution in [0.5, 0.6) is 0 Å². The lowest BCUT2D eigenvalue weighted by Crippen LogP contribution is -2.14. The Balaban J connectivity index is 1.73. The van der Waals surface area contributed by atoms with Crippen molar-refractivity contribution in [2.45, 2.75) is 19.8 Å². The molecule has 0 aromatic carbocycles. The van der Waals surface area contributed by atoms with E-state index in [1.165, 1.54) is 0 Å². The van der Waals surface area contributed by atoms with Crippen molar-refractivity contribution >= 4 is 11.8 Å². The fourth-order valence-electron chi connectivity index (χ4n) is 3.65. The van der Waals surface area contributed by atoms with Gasteiger partial charge in [-0.25, -0.2) is 0 Å². The molecule has 3 aliphatic carbocycles. The molecule has 0 heterocycles. The number of carbonyl (C=O) groups is 2. The second-order valence-corrected chi connectivity index (χ2v) is 4.71. The summed E-state index contributed by atoms with van der Waals surface area (Å²) >= 11 is 0. The van der Waals surface area contributed by atoms with Gasteiger partial charge in [-0.05, 0) is 31.1 Å². The molecule has 3 aliphatic rings. The number of hydrogen-bond donors (Lipinski definition) is 0. The minimum Gasteiger partial charge on any atom is -0.466 e. The molecule has 0 radical (unpaired) electrons. The molecule has 0 saturated heterocycles. The van der Waals surface area contributed by atoms with E-state index >= 15 is 0 Å². The van der Waals surface area contributed by atoms with E-state index in [0.717, 1.165) is 12.8 Å². The highest BCUT2D eigenvalue weighted by molar-refractivity contribution is 5.89. The second-order valence-electron chi connectivity index (χ2n) is 4.71. The number of Topliss-reactive ketones (excluding diaryl/α,β-unsaturated/α-hetero) is 1. The quantitative estimate of drug-likeness (QED) is 0.616. The summed E-state index contributed by atoms with van der Waals surface area (Å²) < 4.78 is 5.01. The molecule has 76 valence electrons. The molecule has 5 atom stereocenters. The first-order valence-corrected chi connectivity index (χ1v) is 5.43. The lowest BCUT2D eigenvalue weighted by Gasteiger charge is -2.06. The van der Waals surface area contributed by atoms with Crippen molar-refractivity contribution in [3.05, 3.63) is 0 Å². The van der Waals surface area contributed by atoms with Gasteiger partial charge in [0.05, 0.1) is 12.5 Å². The van der Waals surface area contributed by atoms with Crippen molar-refractivity contribution in [2.24, 2.45) is 29.6 Å². The molecule has 14 heavy (non-hydrogen) atoms. The fourth-order valence-corrected chi connectivity index (χ4v) is 3.65. The summed E-state index contributed by atoms with van der Waals surface area (Å²) in [7, 11) is 0. The zero-order valence-corrected chi connectivity index (χ0v) is 8.23. The maximum atomic E-state index is 11.5. The minimum absolute atomic E-state index is 0.0631.